The van der Waals surface area contributed by atoms with Crippen LogP contribution >= 0.6 is 23.2 Å². The average Bonchev–Trinajstić information content (AvgIpc) is 2.48. The number of benzene rings is 2. The second-order valence-electron chi connectivity index (χ2n) is 4.54. The number of hydrogen-bond donors (Lipinski definition) is 0. The van der Waals surface area contributed by atoms with Crippen molar-refractivity contribution in [3.63, 3.8) is 0 Å². The lowest BCUT2D eigenvalue weighted by Crippen LogP contribution is -2.31. The zero-order valence-electron chi connectivity index (χ0n) is 10.9. The highest BCUT2D eigenvalue weighted by atomic mass is 35.5. The van der Waals surface area contributed by atoms with Gasteiger partial charge in [-0.3, -0.25) is 4.79 Å². The van der Waals surface area contributed by atoms with Gasteiger partial charge >= 0.3 is 0 Å². The Morgan fingerprint density at radius 3 is 2.24 bits per heavy atom. The summed E-state index contributed by atoms with van der Waals surface area (Å²) in [5.41, 5.74) is 0.859. The standard InChI is InChI=1S/C16H12Cl2O3/c17-13-7-6-11(8-14(13)18)15(19)9-12(16(20)21)10-4-2-1-3-5-10/h1-8,12H,9H2,(H,20,21)/p-1. The fourth-order valence-corrected chi connectivity index (χ4v) is 2.29. The fourth-order valence-electron chi connectivity index (χ4n) is 2.00. The SMILES string of the molecule is O=C(CC(C(=O)[O-])c1ccccc1)c1ccc(Cl)c(Cl)c1. The molecular formula is C16H11Cl2O3-. The van der Waals surface area contributed by atoms with E-state index in [0.717, 1.165) is 0 Å². The third kappa shape index (κ3) is 3.84. The predicted molar refractivity (Wildman–Crippen MR) is 79.6 cm³/mol. The van der Waals surface area contributed by atoms with Crippen LogP contribution in [0.2, 0.25) is 10.0 Å². The van der Waals surface area contributed by atoms with E-state index >= 15 is 0 Å². The third-order valence-electron chi connectivity index (χ3n) is 3.12. The highest BCUT2D eigenvalue weighted by Gasteiger charge is 2.18. The molecule has 0 aliphatic carbocycles. The lowest BCUT2D eigenvalue weighted by atomic mass is 9.92. The van der Waals surface area contributed by atoms with E-state index in [1.807, 2.05) is 0 Å². The van der Waals surface area contributed by atoms with Gasteiger partial charge < -0.3 is 9.90 Å². The first kappa shape index (κ1) is 15.5. The van der Waals surface area contributed by atoms with Crippen LogP contribution in [0.25, 0.3) is 0 Å². The second-order valence-corrected chi connectivity index (χ2v) is 5.35. The third-order valence-corrected chi connectivity index (χ3v) is 3.86. The van der Waals surface area contributed by atoms with Crippen LogP contribution in [-0.4, -0.2) is 11.8 Å². The Labute approximate surface area is 132 Å². The monoisotopic (exact) mass is 321 g/mol. The second kappa shape index (κ2) is 6.74. The quantitative estimate of drug-likeness (QED) is 0.795. The molecule has 0 aliphatic rings. The molecule has 0 saturated carbocycles. The van der Waals surface area contributed by atoms with Crippen LogP contribution in [-0.2, 0) is 4.79 Å². The summed E-state index contributed by atoms with van der Waals surface area (Å²) in [7, 11) is 0. The summed E-state index contributed by atoms with van der Waals surface area (Å²) in [6, 6.07) is 13.0. The van der Waals surface area contributed by atoms with E-state index in [1.165, 1.54) is 18.2 Å². The van der Waals surface area contributed by atoms with Crippen LogP contribution in [0.5, 0.6) is 0 Å². The van der Waals surface area contributed by atoms with Crippen molar-refractivity contribution < 1.29 is 14.7 Å². The number of carboxylic acid groups (broad SMARTS) is 1. The number of ketones is 1. The maximum absolute atomic E-state index is 12.2. The molecule has 0 spiro atoms. The number of carboxylic acids is 1. The number of aliphatic carboxylic acids is 1. The van der Waals surface area contributed by atoms with E-state index in [-0.39, 0.29) is 17.2 Å². The Bertz CT molecular complexity index is 668. The highest BCUT2D eigenvalue weighted by Crippen LogP contribution is 2.26. The van der Waals surface area contributed by atoms with Gasteiger partial charge in [-0.15, -0.1) is 0 Å². The lowest BCUT2D eigenvalue weighted by Gasteiger charge is -2.17. The minimum atomic E-state index is -1.28. The molecular weight excluding hydrogens is 311 g/mol. The van der Waals surface area contributed by atoms with Gasteiger partial charge in [0.2, 0.25) is 0 Å². The summed E-state index contributed by atoms with van der Waals surface area (Å²) >= 11 is 11.7. The molecule has 0 aromatic heterocycles. The first-order chi connectivity index (χ1) is 9.99. The van der Waals surface area contributed by atoms with Crippen molar-refractivity contribution in [2.75, 3.05) is 0 Å². The van der Waals surface area contributed by atoms with Gasteiger partial charge in [0.15, 0.2) is 5.78 Å². The predicted octanol–water partition coefficient (Wildman–Crippen LogP) is 3.10. The first-order valence-electron chi connectivity index (χ1n) is 6.23. The molecule has 0 N–H and O–H groups in total. The van der Waals surface area contributed by atoms with Gasteiger partial charge in [0.25, 0.3) is 0 Å². The normalized spacial score (nSPS) is 11.9. The lowest BCUT2D eigenvalue weighted by molar-refractivity contribution is -0.307. The van der Waals surface area contributed by atoms with Crippen molar-refractivity contribution in [2.45, 2.75) is 12.3 Å². The van der Waals surface area contributed by atoms with E-state index in [1.54, 1.807) is 30.3 Å². The maximum Gasteiger partial charge on any atom is 0.163 e. The Morgan fingerprint density at radius 1 is 1.00 bits per heavy atom. The molecule has 0 radical (unpaired) electrons. The molecule has 0 heterocycles. The number of halogens is 2. The molecule has 0 amide bonds. The molecule has 0 aliphatic heterocycles. The van der Waals surface area contributed by atoms with Gasteiger partial charge in [-0.2, -0.15) is 0 Å². The van der Waals surface area contributed by atoms with Gasteiger partial charge in [-0.05, 0) is 23.8 Å². The van der Waals surface area contributed by atoms with Gasteiger partial charge in [-0.1, -0.05) is 53.5 Å². The van der Waals surface area contributed by atoms with Crippen LogP contribution in [0, 0.1) is 0 Å². The topological polar surface area (TPSA) is 57.2 Å². The fraction of sp³-hybridized carbons (Fsp3) is 0.125. The molecule has 1 unspecified atom stereocenters. The van der Waals surface area contributed by atoms with E-state index in [9.17, 15) is 14.7 Å². The molecule has 2 aromatic rings. The van der Waals surface area contributed by atoms with Crippen LogP contribution < -0.4 is 5.11 Å². The minimum Gasteiger partial charge on any atom is -0.549 e. The highest BCUT2D eigenvalue weighted by molar-refractivity contribution is 6.42. The van der Waals surface area contributed by atoms with E-state index in [4.69, 9.17) is 23.2 Å². The van der Waals surface area contributed by atoms with Gasteiger partial charge in [0.1, 0.15) is 0 Å². The number of carbonyl (C=O) groups is 2. The molecule has 2 rings (SSSR count). The van der Waals surface area contributed by atoms with Crippen molar-refractivity contribution in [2.24, 2.45) is 0 Å². The Hall–Kier alpha value is -1.84. The number of rotatable bonds is 5. The minimum absolute atomic E-state index is 0.190. The summed E-state index contributed by atoms with van der Waals surface area (Å²) in [6.45, 7) is 0. The number of Topliss-reactive ketones (excluding diaryl/α,β-unsaturated/α-hetero) is 1. The molecule has 108 valence electrons. The van der Waals surface area contributed by atoms with E-state index in [2.05, 4.69) is 0 Å². The summed E-state index contributed by atoms with van der Waals surface area (Å²) < 4.78 is 0. The smallest absolute Gasteiger partial charge is 0.163 e. The van der Waals surface area contributed by atoms with Crippen molar-refractivity contribution in [1.82, 2.24) is 0 Å². The van der Waals surface area contributed by atoms with Crippen molar-refractivity contribution in [1.29, 1.82) is 0 Å². The number of carbonyl (C=O) groups excluding carboxylic acids is 2. The molecule has 2 aromatic carbocycles. The molecule has 0 saturated heterocycles. The Kier molecular flexibility index (Phi) is 4.99. The summed E-state index contributed by atoms with van der Waals surface area (Å²) in [6.07, 6.45) is -0.190. The largest absolute Gasteiger partial charge is 0.549 e. The molecule has 5 heteroatoms. The van der Waals surface area contributed by atoms with E-state index in [0.29, 0.717) is 16.1 Å². The van der Waals surface area contributed by atoms with Gasteiger partial charge in [0.05, 0.1) is 10.0 Å². The molecule has 1 atom stereocenters. The molecule has 0 bridgehead atoms. The summed E-state index contributed by atoms with van der Waals surface area (Å²) in [5, 5.41) is 11.9. The van der Waals surface area contributed by atoms with E-state index < -0.39 is 11.9 Å². The van der Waals surface area contributed by atoms with Crippen LogP contribution in [0.3, 0.4) is 0 Å². The number of hydrogen-bond acceptors (Lipinski definition) is 3. The maximum atomic E-state index is 12.2. The summed E-state index contributed by atoms with van der Waals surface area (Å²) in [5.74, 6) is -2.60. The molecule has 21 heavy (non-hydrogen) atoms. The molecule has 0 fully saturated rings. The average molecular weight is 322 g/mol. The molecule has 3 nitrogen and oxygen atoms in total. The first-order valence-corrected chi connectivity index (χ1v) is 6.98. The van der Waals surface area contributed by atoms with Crippen LogP contribution in [0.4, 0.5) is 0 Å². The van der Waals surface area contributed by atoms with Crippen molar-refractivity contribution in [3.05, 3.63) is 69.7 Å². The van der Waals surface area contributed by atoms with Crippen molar-refractivity contribution in [3.8, 4) is 0 Å². The van der Waals surface area contributed by atoms with Gasteiger partial charge in [0, 0.05) is 23.9 Å². The van der Waals surface area contributed by atoms with Crippen LogP contribution in [0.15, 0.2) is 48.5 Å². The Balaban J connectivity index is 2.23. The zero-order valence-corrected chi connectivity index (χ0v) is 12.4. The van der Waals surface area contributed by atoms with Gasteiger partial charge in [-0.25, -0.2) is 0 Å². The zero-order chi connectivity index (χ0) is 15.4. The van der Waals surface area contributed by atoms with Crippen LogP contribution in [0.1, 0.15) is 28.3 Å². The summed E-state index contributed by atoms with van der Waals surface area (Å²) in [4.78, 5) is 23.5. The van der Waals surface area contributed by atoms with Crippen molar-refractivity contribution >= 4 is 35.0 Å². The Morgan fingerprint density at radius 2 is 1.67 bits per heavy atom.